The molecule has 6 heteroatoms. The van der Waals surface area contributed by atoms with E-state index in [1.54, 1.807) is 17.0 Å². The van der Waals surface area contributed by atoms with Gasteiger partial charge in [0, 0.05) is 24.2 Å². The van der Waals surface area contributed by atoms with Crippen LogP contribution in [0.4, 0.5) is 0 Å². The van der Waals surface area contributed by atoms with Crippen molar-refractivity contribution in [2.75, 3.05) is 19.7 Å². The fourth-order valence-corrected chi connectivity index (χ4v) is 3.21. The van der Waals surface area contributed by atoms with E-state index in [4.69, 9.17) is 9.15 Å². The monoisotopic (exact) mass is 393 g/mol. The van der Waals surface area contributed by atoms with Crippen molar-refractivity contribution < 1.29 is 19.1 Å². The highest BCUT2D eigenvalue weighted by atomic mass is 79.9. The molecule has 1 atom stereocenters. The summed E-state index contributed by atoms with van der Waals surface area (Å²) < 4.78 is 12.2. The van der Waals surface area contributed by atoms with Crippen LogP contribution in [0.3, 0.4) is 0 Å². The maximum absolute atomic E-state index is 12.5. The zero-order valence-corrected chi connectivity index (χ0v) is 14.9. The largest absolute Gasteiger partial charge is 0.486 e. The molecule has 2 heterocycles. The summed E-state index contributed by atoms with van der Waals surface area (Å²) in [6.45, 7) is 1.68. The molecule has 1 amide bonds. The van der Waals surface area contributed by atoms with Crippen LogP contribution in [0.1, 0.15) is 29.2 Å². The molecule has 0 aliphatic carbocycles. The third-order valence-corrected chi connectivity index (χ3v) is 4.61. The first-order valence-corrected chi connectivity index (χ1v) is 8.82. The topological polar surface area (TPSA) is 62.9 Å². The van der Waals surface area contributed by atoms with Gasteiger partial charge >= 0.3 is 0 Å². The minimum atomic E-state index is -0.123. The number of benzene rings is 1. The van der Waals surface area contributed by atoms with Gasteiger partial charge in [-0.1, -0.05) is 22.0 Å². The highest BCUT2D eigenvalue weighted by molar-refractivity contribution is 9.10. The Morgan fingerprint density at radius 3 is 3.04 bits per heavy atom. The van der Waals surface area contributed by atoms with Crippen LogP contribution in [-0.4, -0.2) is 35.6 Å². The second-order valence-electron chi connectivity index (χ2n) is 5.95. The summed E-state index contributed by atoms with van der Waals surface area (Å²) in [5, 5.41) is 9.28. The van der Waals surface area contributed by atoms with E-state index >= 15 is 0 Å². The van der Waals surface area contributed by atoms with Crippen LogP contribution >= 0.6 is 15.9 Å². The van der Waals surface area contributed by atoms with Crippen LogP contribution in [-0.2, 0) is 6.61 Å². The number of furan rings is 1. The molecule has 1 N–H and O–H groups in total. The van der Waals surface area contributed by atoms with Crippen LogP contribution < -0.4 is 4.74 Å². The van der Waals surface area contributed by atoms with Gasteiger partial charge in [0.25, 0.3) is 5.91 Å². The fraction of sp³-hybridized carbons (Fsp3) is 0.389. The van der Waals surface area contributed by atoms with Crippen LogP contribution in [0.5, 0.6) is 5.75 Å². The van der Waals surface area contributed by atoms with Crippen LogP contribution in [0, 0.1) is 5.92 Å². The minimum absolute atomic E-state index is 0.119. The molecule has 1 aromatic heterocycles. The molecule has 0 saturated carbocycles. The molecule has 1 aliphatic rings. The summed E-state index contributed by atoms with van der Waals surface area (Å²) in [5.41, 5.74) is 0. The van der Waals surface area contributed by atoms with E-state index in [1.165, 1.54) is 0 Å². The molecular weight excluding hydrogens is 374 g/mol. The Hall–Kier alpha value is -1.79. The number of ether oxygens (including phenoxy) is 1. The van der Waals surface area contributed by atoms with Gasteiger partial charge in [0.2, 0.25) is 0 Å². The Morgan fingerprint density at radius 1 is 1.38 bits per heavy atom. The molecule has 1 fully saturated rings. The zero-order chi connectivity index (χ0) is 16.9. The summed E-state index contributed by atoms with van der Waals surface area (Å²) in [6, 6.07) is 11.0. The van der Waals surface area contributed by atoms with Crippen molar-refractivity contribution in [1.29, 1.82) is 0 Å². The van der Waals surface area contributed by atoms with E-state index in [-0.39, 0.29) is 25.0 Å². The number of likely N-dealkylation sites (tertiary alicyclic amines) is 1. The third kappa shape index (κ3) is 4.19. The molecule has 5 nitrogen and oxygen atoms in total. The molecule has 24 heavy (non-hydrogen) atoms. The summed E-state index contributed by atoms with van der Waals surface area (Å²) in [7, 11) is 0. The number of amides is 1. The number of carbonyl (C=O) groups is 1. The lowest BCUT2D eigenvalue weighted by Gasteiger charge is -2.31. The standard InChI is InChI=1S/C18H20BrNO4/c19-14-4-1-5-15(9-14)23-12-16-6-7-17(24-16)18(22)20-8-2-3-13(10-20)11-21/h1,4-7,9,13,21H,2-3,8,10-12H2. The summed E-state index contributed by atoms with van der Waals surface area (Å²) >= 11 is 3.39. The Morgan fingerprint density at radius 2 is 2.25 bits per heavy atom. The number of carbonyl (C=O) groups excluding carboxylic acids is 1. The Kier molecular flexibility index (Phi) is 5.58. The number of nitrogens with zero attached hydrogens (tertiary/aromatic N) is 1. The number of hydrogen-bond acceptors (Lipinski definition) is 4. The average Bonchev–Trinajstić information content (AvgIpc) is 3.08. The van der Waals surface area contributed by atoms with Crippen molar-refractivity contribution in [3.63, 3.8) is 0 Å². The van der Waals surface area contributed by atoms with E-state index in [9.17, 15) is 9.90 Å². The van der Waals surface area contributed by atoms with E-state index in [2.05, 4.69) is 15.9 Å². The highest BCUT2D eigenvalue weighted by Crippen LogP contribution is 2.21. The van der Waals surface area contributed by atoms with Gasteiger partial charge in [0.1, 0.15) is 18.1 Å². The Bertz CT molecular complexity index is 700. The van der Waals surface area contributed by atoms with Crippen LogP contribution in [0.25, 0.3) is 0 Å². The lowest BCUT2D eigenvalue weighted by Crippen LogP contribution is -2.40. The Labute approximate surface area is 149 Å². The first-order chi connectivity index (χ1) is 11.7. The van der Waals surface area contributed by atoms with Gasteiger partial charge < -0.3 is 19.2 Å². The van der Waals surface area contributed by atoms with Crippen LogP contribution in [0.15, 0.2) is 45.3 Å². The smallest absolute Gasteiger partial charge is 0.289 e. The molecule has 1 unspecified atom stereocenters. The van der Waals surface area contributed by atoms with Gasteiger partial charge in [-0.25, -0.2) is 0 Å². The van der Waals surface area contributed by atoms with Crippen LogP contribution in [0.2, 0.25) is 0 Å². The number of halogens is 1. The number of piperidine rings is 1. The molecular formula is C18H20BrNO4. The molecule has 1 aromatic carbocycles. The molecule has 1 aliphatic heterocycles. The van der Waals surface area contributed by atoms with Crippen molar-refractivity contribution in [2.24, 2.45) is 5.92 Å². The van der Waals surface area contributed by atoms with Crippen molar-refractivity contribution in [3.8, 4) is 5.75 Å². The zero-order valence-electron chi connectivity index (χ0n) is 13.3. The van der Waals surface area contributed by atoms with E-state index in [0.29, 0.717) is 24.6 Å². The second kappa shape index (κ2) is 7.85. The third-order valence-electron chi connectivity index (χ3n) is 4.11. The molecule has 2 aromatic rings. The summed E-state index contributed by atoms with van der Waals surface area (Å²) in [5.74, 6) is 1.70. The molecule has 0 bridgehead atoms. The average molecular weight is 394 g/mol. The van der Waals surface area contributed by atoms with E-state index < -0.39 is 0 Å². The van der Waals surface area contributed by atoms with Gasteiger partial charge in [-0.3, -0.25) is 4.79 Å². The maximum Gasteiger partial charge on any atom is 0.289 e. The van der Waals surface area contributed by atoms with E-state index in [0.717, 1.165) is 23.1 Å². The number of aliphatic hydroxyl groups is 1. The second-order valence-corrected chi connectivity index (χ2v) is 6.87. The number of hydrogen-bond donors (Lipinski definition) is 1. The quantitative estimate of drug-likeness (QED) is 0.844. The number of aliphatic hydroxyl groups excluding tert-OH is 1. The van der Waals surface area contributed by atoms with Crippen molar-refractivity contribution in [1.82, 2.24) is 4.90 Å². The van der Waals surface area contributed by atoms with Gasteiger partial charge in [-0.15, -0.1) is 0 Å². The lowest BCUT2D eigenvalue weighted by molar-refractivity contribution is 0.0586. The highest BCUT2D eigenvalue weighted by Gasteiger charge is 2.25. The van der Waals surface area contributed by atoms with Crippen molar-refractivity contribution in [3.05, 3.63) is 52.4 Å². The summed E-state index contributed by atoms with van der Waals surface area (Å²) in [4.78, 5) is 14.2. The first-order valence-electron chi connectivity index (χ1n) is 8.03. The van der Waals surface area contributed by atoms with Crippen molar-refractivity contribution in [2.45, 2.75) is 19.4 Å². The normalized spacial score (nSPS) is 17.8. The lowest BCUT2D eigenvalue weighted by atomic mass is 9.99. The fourth-order valence-electron chi connectivity index (χ4n) is 2.84. The molecule has 128 valence electrons. The van der Waals surface area contributed by atoms with Gasteiger partial charge in [0.15, 0.2) is 5.76 Å². The Balaban J connectivity index is 1.59. The molecule has 1 saturated heterocycles. The number of rotatable bonds is 5. The van der Waals surface area contributed by atoms with Gasteiger partial charge in [-0.2, -0.15) is 0 Å². The van der Waals surface area contributed by atoms with E-state index in [1.807, 2.05) is 24.3 Å². The molecule has 0 spiro atoms. The minimum Gasteiger partial charge on any atom is -0.486 e. The maximum atomic E-state index is 12.5. The molecule has 0 radical (unpaired) electrons. The summed E-state index contributed by atoms with van der Waals surface area (Å²) in [6.07, 6.45) is 1.88. The van der Waals surface area contributed by atoms with Crippen molar-refractivity contribution >= 4 is 21.8 Å². The predicted molar refractivity (Wildman–Crippen MR) is 92.9 cm³/mol. The SMILES string of the molecule is O=C(c1ccc(COc2cccc(Br)c2)o1)N1CCCC(CO)C1. The first kappa shape index (κ1) is 17.0. The predicted octanol–water partition coefficient (Wildman–Crippen LogP) is 3.47. The van der Waals surface area contributed by atoms with Gasteiger partial charge in [0.05, 0.1) is 0 Å². The van der Waals surface area contributed by atoms with Gasteiger partial charge in [-0.05, 0) is 49.1 Å². The molecule has 3 rings (SSSR count).